The van der Waals surface area contributed by atoms with Crippen LogP contribution in [-0.2, 0) is 6.42 Å². The quantitative estimate of drug-likeness (QED) is 0.589. The van der Waals surface area contributed by atoms with E-state index in [4.69, 9.17) is 0 Å². The van der Waals surface area contributed by atoms with Gasteiger partial charge >= 0.3 is 0 Å². The Morgan fingerprint density at radius 2 is 2.09 bits per heavy atom. The number of guanidine groups is 1. The average molecular weight is 351 g/mol. The van der Waals surface area contributed by atoms with Gasteiger partial charge < -0.3 is 10.6 Å². The maximum Gasteiger partial charge on any atom is 0.191 e. The van der Waals surface area contributed by atoms with E-state index >= 15 is 0 Å². The van der Waals surface area contributed by atoms with E-state index in [1.807, 2.05) is 7.05 Å². The van der Waals surface area contributed by atoms with Gasteiger partial charge in [0.25, 0.3) is 0 Å². The Bertz CT molecular complexity index is 602. The standard InChI is InChI=1S/C17H26N4S2/c1-12(2)16-21-14(11-23-16)7-8-19-17(18-4)20-10-13(3)15-6-5-9-22-15/h5-6,9,11-13H,7-8,10H2,1-4H3,(H2,18,19,20). The van der Waals surface area contributed by atoms with Crippen molar-refractivity contribution >= 4 is 28.6 Å². The number of aliphatic imine (C=N–C) groups is 1. The van der Waals surface area contributed by atoms with E-state index in [1.165, 1.54) is 9.88 Å². The zero-order valence-electron chi connectivity index (χ0n) is 14.3. The Morgan fingerprint density at radius 1 is 1.26 bits per heavy atom. The first-order chi connectivity index (χ1) is 11.1. The molecule has 2 aromatic heterocycles. The lowest BCUT2D eigenvalue weighted by Gasteiger charge is -2.15. The van der Waals surface area contributed by atoms with Gasteiger partial charge in [-0.25, -0.2) is 4.98 Å². The van der Waals surface area contributed by atoms with Gasteiger partial charge in [-0.15, -0.1) is 22.7 Å². The van der Waals surface area contributed by atoms with Crippen LogP contribution < -0.4 is 10.6 Å². The van der Waals surface area contributed by atoms with Gasteiger partial charge in [0.2, 0.25) is 0 Å². The lowest BCUT2D eigenvalue weighted by molar-refractivity contribution is 0.705. The van der Waals surface area contributed by atoms with Crippen LogP contribution in [0.3, 0.4) is 0 Å². The highest BCUT2D eigenvalue weighted by Crippen LogP contribution is 2.20. The Hall–Kier alpha value is -1.40. The zero-order valence-corrected chi connectivity index (χ0v) is 15.9. The fourth-order valence-electron chi connectivity index (χ4n) is 2.15. The second kappa shape index (κ2) is 9.03. The van der Waals surface area contributed by atoms with Gasteiger partial charge in [-0.05, 0) is 11.4 Å². The lowest BCUT2D eigenvalue weighted by Crippen LogP contribution is -2.39. The molecule has 2 rings (SSSR count). The van der Waals surface area contributed by atoms with Crippen LogP contribution in [-0.4, -0.2) is 31.1 Å². The molecule has 2 N–H and O–H groups in total. The highest BCUT2D eigenvalue weighted by atomic mass is 32.1. The second-order valence-electron chi connectivity index (χ2n) is 5.88. The molecule has 23 heavy (non-hydrogen) atoms. The molecule has 126 valence electrons. The Labute approximate surface area is 147 Å². The monoisotopic (exact) mass is 350 g/mol. The summed E-state index contributed by atoms with van der Waals surface area (Å²) in [4.78, 5) is 10.3. The van der Waals surface area contributed by atoms with Crippen LogP contribution in [0.2, 0.25) is 0 Å². The molecule has 6 heteroatoms. The maximum absolute atomic E-state index is 4.66. The van der Waals surface area contributed by atoms with Crippen LogP contribution in [0.25, 0.3) is 0 Å². The van der Waals surface area contributed by atoms with Gasteiger partial charge in [0, 0.05) is 48.7 Å². The number of thiophene rings is 1. The van der Waals surface area contributed by atoms with E-state index in [0.717, 1.165) is 31.2 Å². The summed E-state index contributed by atoms with van der Waals surface area (Å²) in [6.45, 7) is 8.32. The molecule has 0 aromatic carbocycles. The largest absolute Gasteiger partial charge is 0.356 e. The molecule has 0 aliphatic carbocycles. The first-order valence-corrected chi connectivity index (χ1v) is 9.78. The Balaban J connectivity index is 1.72. The van der Waals surface area contributed by atoms with Crippen molar-refractivity contribution in [3.63, 3.8) is 0 Å². The Kier molecular flexibility index (Phi) is 7.05. The zero-order chi connectivity index (χ0) is 16.7. The first kappa shape index (κ1) is 17.9. The SMILES string of the molecule is CN=C(NCCc1csc(C(C)C)n1)NCC(C)c1cccs1. The van der Waals surface area contributed by atoms with Crippen molar-refractivity contribution in [3.05, 3.63) is 38.5 Å². The van der Waals surface area contributed by atoms with E-state index in [2.05, 4.69) is 64.3 Å². The summed E-state index contributed by atoms with van der Waals surface area (Å²) in [7, 11) is 1.81. The molecule has 4 nitrogen and oxygen atoms in total. The summed E-state index contributed by atoms with van der Waals surface area (Å²) in [5.74, 6) is 1.85. The highest BCUT2D eigenvalue weighted by molar-refractivity contribution is 7.10. The number of nitrogens with one attached hydrogen (secondary N) is 2. The minimum absolute atomic E-state index is 0.487. The van der Waals surface area contributed by atoms with Crippen molar-refractivity contribution in [1.29, 1.82) is 0 Å². The van der Waals surface area contributed by atoms with Crippen molar-refractivity contribution in [3.8, 4) is 0 Å². The Morgan fingerprint density at radius 3 is 2.70 bits per heavy atom. The number of hydrogen-bond acceptors (Lipinski definition) is 4. The highest BCUT2D eigenvalue weighted by Gasteiger charge is 2.08. The molecule has 0 amide bonds. The van der Waals surface area contributed by atoms with Crippen molar-refractivity contribution in [2.75, 3.05) is 20.1 Å². The third kappa shape index (κ3) is 5.62. The molecule has 0 aliphatic heterocycles. The summed E-state index contributed by atoms with van der Waals surface area (Å²) in [6, 6.07) is 4.28. The molecular formula is C17H26N4S2. The molecule has 0 bridgehead atoms. The van der Waals surface area contributed by atoms with Crippen LogP contribution in [0, 0.1) is 0 Å². The maximum atomic E-state index is 4.66. The van der Waals surface area contributed by atoms with Crippen LogP contribution in [0.15, 0.2) is 27.9 Å². The van der Waals surface area contributed by atoms with E-state index in [9.17, 15) is 0 Å². The normalized spacial score (nSPS) is 13.3. The minimum atomic E-state index is 0.487. The third-order valence-electron chi connectivity index (χ3n) is 3.57. The summed E-state index contributed by atoms with van der Waals surface area (Å²) in [5, 5.41) is 12.3. The van der Waals surface area contributed by atoms with Gasteiger partial charge in [0.05, 0.1) is 10.7 Å². The molecule has 2 heterocycles. The lowest BCUT2D eigenvalue weighted by atomic mass is 10.1. The van der Waals surface area contributed by atoms with Crippen LogP contribution in [0.1, 0.15) is 48.2 Å². The summed E-state index contributed by atoms with van der Waals surface area (Å²) in [5.41, 5.74) is 1.16. The van der Waals surface area contributed by atoms with Crippen molar-refractivity contribution in [2.45, 2.75) is 39.0 Å². The van der Waals surface area contributed by atoms with Gasteiger partial charge in [-0.1, -0.05) is 26.8 Å². The van der Waals surface area contributed by atoms with E-state index in [-0.39, 0.29) is 0 Å². The second-order valence-corrected chi connectivity index (χ2v) is 7.75. The predicted octanol–water partition coefficient (Wildman–Crippen LogP) is 3.84. The summed E-state index contributed by atoms with van der Waals surface area (Å²) in [6.07, 6.45) is 0.921. The van der Waals surface area contributed by atoms with Gasteiger partial charge in [-0.3, -0.25) is 4.99 Å². The topological polar surface area (TPSA) is 49.3 Å². The molecule has 0 radical (unpaired) electrons. The van der Waals surface area contributed by atoms with Gasteiger partial charge in [-0.2, -0.15) is 0 Å². The molecule has 1 atom stereocenters. The van der Waals surface area contributed by atoms with Crippen LogP contribution in [0.5, 0.6) is 0 Å². The van der Waals surface area contributed by atoms with Gasteiger partial charge in [0.1, 0.15) is 0 Å². The molecule has 0 spiro atoms. The van der Waals surface area contributed by atoms with Crippen molar-refractivity contribution in [1.82, 2.24) is 15.6 Å². The number of nitrogens with zero attached hydrogens (tertiary/aromatic N) is 2. The van der Waals surface area contributed by atoms with Crippen molar-refractivity contribution < 1.29 is 0 Å². The molecule has 0 saturated heterocycles. The van der Waals surface area contributed by atoms with Crippen LogP contribution in [0.4, 0.5) is 0 Å². The van der Waals surface area contributed by atoms with Crippen molar-refractivity contribution in [2.24, 2.45) is 4.99 Å². The van der Waals surface area contributed by atoms with E-state index in [1.54, 1.807) is 22.7 Å². The molecular weight excluding hydrogens is 324 g/mol. The summed E-state index contributed by atoms with van der Waals surface area (Å²) >= 11 is 3.55. The summed E-state index contributed by atoms with van der Waals surface area (Å²) < 4.78 is 0. The fraction of sp³-hybridized carbons (Fsp3) is 0.529. The average Bonchev–Trinajstić information content (AvgIpc) is 3.21. The van der Waals surface area contributed by atoms with E-state index < -0.39 is 0 Å². The third-order valence-corrected chi connectivity index (χ3v) is 5.86. The van der Waals surface area contributed by atoms with E-state index in [0.29, 0.717) is 11.8 Å². The first-order valence-electron chi connectivity index (χ1n) is 8.02. The number of rotatable bonds is 7. The minimum Gasteiger partial charge on any atom is -0.356 e. The number of thiazole rings is 1. The number of aromatic nitrogens is 1. The molecule has 0 fully saturated rings. The smallest absolute Gasteiger partial charge is 0.191 e. The van der Waals surface area contributed by atoms with Crippen LogP contribution >= 0.6 is 22.7 Å². The molecule has 0 aliphatic rings. The molecule has 2 aromatic rings. The molecule has 1 unspecified atom stereocenters. The molecule has 0 saturated carbocycles. The number of hydrogen-bond donors (Lipinski definition) is 2. The van der Waals surface area contributed by atoms with Gasteiger partial charge in [0.15, 0.2) is 5.96 Å². The predicted molar refractivity (Wildman–Crippen MR) is 102 cm³/mol. The fourth-order valence-corrected chi connectivity index (χ4v) is 3.81.